The van der Waals surface area contributed by atoms with Crippen molar-refractivity contribution in [1.29, 1.82) is 0 Å². The number of nitrogens with zero attached hydrogens (tertiary/aromatic N) is 2. The number of rotatable bonds is 5. The number of hydrogen-bond donors (Lipinski definition) is 0. The van der Waals surface area contributed by atoms with Gasteiger partial charge >= 0.3 is 0 Å². The Balaban J connectivity index is 1.07. The Bertz CT molecular complexity index is 3080. The summed E-state index contributed by atoms with van der Waals surface area (Å²) >= 11 is 0. The van der Waals surface area contributed by atoms with Crippen LogP contribution in [-0.4, -0.2) is 4.98 Å². The molecule has 0 amide bonds. The second kappa shape index (κ2) is 11.5. The van der Waals surface area contributed by atoms with Gasteiger partial charge in [0.15, 0.2) is 5.58 Å². The molecule has 2 aromatic heterocycles. The number of aromatic nitrogens is 1. The lowest BCUT2D eigenvalue weighted by molar-refractivity contribution is 0.620. The molecule has 1 aliphatic carbocycles. The van der Waals surface area contributed by atoms with E-state index in [1.165, 1.54) is 33.4 Å². The third kappa shape index (κ3) is 4.60. The van der Waals surface area contributed by atoms with Crippen molar-refractivity contribution in [3.8, 4) is 33.7 Å². The van der Waals surface area contributed by atoms with E-state index in [0.717, 1.165) is 66.4 Å². The highest BCUT2D eigenvalue weighted by atomic mass is 16.3. The van der Waals surface area contributed by atoms with Crippen molar-refractivity contribution in [2.24, 2.45) is 0 Å². The van der Waals surface area contributed by atoms with Gasteiger partial charge in [0.25, 0.3) is 0 Å². The van der Waals surface area contributed by atoms with Gasteiger partial charge < -0.3 is 13.7 Å². The van der Waals surface area contributed by atoms with E-state index in [-0.39, 0.29) is 5.41 Å². The third-order valence-electron chi connectivity index (χ3n) is 11.3. The number of fused-ring (bicyclic) bond motifs is 9. The lowest BCUT2D eigenvalue weighted by Gasteiger charge is -2.27. The Morgan fingerprint density at radius 2 is 1.17 bits per heavy atom. The number of furan rings is 1. The normalized spacial score (nSPS) is 13.1. The molecule has 2 heterocycles. The van der Waals surface area contributed by atoms with E-state index >= 15 is 0 Å². The maximum atomic E-state index is 6.65. The smallest absolute Gasteiger partial charge is 0.228 e. The van der Waals surface area contributed by atoms with E-state index in [1.54, 1.807) is 0 Å². The summed E-state index contributed by atoms with van der Waals surface area (Å²) in [5, 5.41) is 4.22. The van der Waals surface area contributed by atoms with Crippen LogP contribution in [0.1, 0.15) is 25.0 Å². The summed E-state index contributed by atoms with van der Waals surface area (Å²) in [7, 11) is 0. The average Bonchev–Trinajstić information content (AvgIpc) is 3.89. The Labute approximate surface area is 312 Å². The van der Waals surface area contributed by atoms with Crippen molar-refractivity contribution in [3.05, 3.63) is 181 Å². The molecule has 10 aromatic rings. The second-order valence-corrected chi connectivity index (χ2v) is 14.8. The largest absolute Gasteiger partial charge is 0.456 e. The van der Waals surface area contributed by atoms with Crippen molar-refractivity contribution in [2.45, 2.75) is 19.3 Å². The van der Waals surface area contributed by atoms with Crippen LogP contribution in [0.2, 0.25) is 0 Å². The highest BCUT2D eigenvalue weighted by Gasteiger charge is 2.35. The van der Waals surface area contributed by atoms with E-state index in [4.69, 9.17) is 13.8 Å². The van der Waals surface area contributed by atoms with Gasteiger partial charge in [0.2, 0.25) is 5.89 Å². The van der Waals surface area contributed by atoms with Crippen LogP contribution in [0.5, 0.6) is 0 Å². The fraction of sp³-hybridized carbons (Fsp3) is 0.0600. The Kier molecular flexibility index (Phi) is 6.56. The van der Waals surface area contributed by atoms with Crippen LogP contribution in [0, 0.1) is 0 Å². The molecule has 8 aromatic carbocycles. The first-order valence-electron chi connectivity index (χ1n) is 18.5. The SMILES string of the molecule is CC1(C)c2ccccc2-c2cc(N(c3ccc(-c4ccccc4)cc3)c3ccc4c(c3)oc3cccc(-c5nc6c(ccc7ccccc76)o5)c34)ccc21. The summed E-state index contributed by atoms with van der Waals surface area (Å²) in [5.74, 6) is 0.584. The minimum atomic E-state index is -0.0701. The van der Waals surface area contributed by atoms with Crippen LogP contribution < -0.4 is 4.90 Å². The van der Waals surface area contributed by atoms with Gasteiger partial charge in [-0.2, -0.15) is 0 Å². The maximum Gasteiger partial charge on any atom is 0.228 e. The molecule has 4 heteroatoms. The molecule has 0 unspecified atom stereocenters. The van der Waals surface area contributed by atoms with Crippen LogP contribution in [-0.2, 0) is 5.41 Å². The van der Waals surface area contributed by atoms with Gasteiger partial charge in [-0.05, 0) is 93.4 Å². The van der Waals surface area contributed by atoms with Crippen LogP contribution >= 0.6 is 0 Å². The van der Waals surface area contributed by atoms with Crippen LogP contribution in [0.15, 0.2) is 179 Å². The zero-order chi connectivity index (χ0) is 36.0. The fourth-order valence-electron chi connectivity index (χ4n) is 8.64. The number of anilines is 3. The minimum Gasteiger partial charge on any atom is -0.456 e. The molecule has 4 nitrogen and oxygen atoms in total. The molecule has 256 valence electrons. The molecule has 0 aliphatic heterocycles. The molecule has 0 fully saturated rings. The predicted octanol–water partition coefficient (Wildman–Crippen LogP) is 14.0. The summed E-state index contributed by atoms with van der Waals surface area (Å²) in [5.41, 5.74) is 14.9. The van der Waals surface area contributed by atoms with Crippen LogP contribution in [0.3, 0.4) is 0 Å². The topological polar surface area (TPSA) is 42.4 Å². The van der Waals surface area contributed by atoms with Gasteiger partial charge in [-0.15, -0.1) is 0 Å². The van der Waals surface area contributed by atoms with E-state index in [2.05, 4.69) is 158 Å². The maximum absolute atomic E-state index is 6.65. The van der Waals surface area contributed by atoms with Gasteiger partial charge in [-0.1, -0.05) is 123 Å². The Morgan fingerprint density at radius 1 is 0.463 bits per heavy atom. The van der Waals surface area contributed by atoms with Gasteiger partial charge in [0.05, 0.1) is 0 Å². The zero-order valence-electron chi connectivity index (χ0n) is 29.9. The monoisotopic (exact) mass is 694 g/mol. The number of oxazole rings is 1. The first-order chi connectivity index (χ1) is 26.5. The van der Waals surface area contributed by atoms with Gasteiger partial charge in [-0.3, -0.25) is 0 Å². The van der Waals surface area contributed by atoms with E-state index in [1.807, 2.05) is 30.3 Å². The van der Waals surface area contributed by atoms with Gasteiger partial charge in [0.1, 0.15) is 16.7 Å². The Hall–Kier alpha value is -6.91. The molecule has 11 rings (SSSR count). The number of benzene rings is 8. The zero-order valence-corrected chi connectivity index (χ0v) is 29.9. The third-order valence-corrected chi connectivity index (χ3v) is 11.3. The summed E-state index contributed by atoms with van der Waals surface area (Å²) in [4.78, 5) is 7.38. The Morgan fingerprint density at radius 3 is 2.06 bits per heavy atom. The molecule has 0 spiro atoms. The van der Waals surface area contributed by atoms with Gasteiger partial charge in [0, 0.05) is 50.3 Å². The quantitative estimate of drug-likeness (QED) is 0.180. The van der Waals surface area contributed by atoms with Crippen molar-refractivity contribution in [1.82, 2.24) is 4.98 Å². The van der Waals surface area contributed by atoms with Crippen molar-refractivity contribution >= 4 is 60.9 Å². The van der Waals surface area contributed by atoms with Gasteiger partial charge in [-0.25, -0.2) is 4.98 Å². The minimum absolute atomic E-state index is 0.0701. The molecule has 1 aliphatic rings. The van der Waals surface area contributed by atoms with E-state index < -0.39 is 0 Å². The molecule has 0 bridgehead atoms. The highest BCUT2D eigenvalue weighted by Crippen LogP contribution is 2.51. The molecule has 0 radical (unpaired) electrons. The first kappa shape index (κ1) is 30.7. The average molecular weight is 695 g/mol. The molecule has 0 saturated heterocycles. The summed E-state index contributed by atoms with van der Waals surface area (Å²) in [6.07, 6.45) is 0. The lowest BCUT2D eigenvalue weighted by atomic mass is 9.82. The highest BCUT2D eigenvalue weighted by molar-refractivity contribution is 6.13. The molecular formula is C50H34N2O2. The molecule has 0 atom stereocenters. The standard InChI is InChI=1S/C50H34N2O2/c1-50(2)42-17-9-8-15-38(42)41-29-35(25-27-43(41)50)52(34-22-19-32(20-23-34)31-11-4-3-5-12-31)36-24-26-39-46(30-36)53-44-18-10-16-40(47(39)44)49-51-48-37-14-7-6-13-33(37)21-28-45(48)54-49/h3-30H,1-2H3. The second-order valence-electron chi connectivity index (χ2n) is 14.8. The van der Waals surface area contributed by atoms with E-state index in [9.17, 15) is 0 Å². The van der Waals surface area contributed by atoms with Crippen molar-refractivity contribution < 1.29 is 8.83 Å². The summed E-state index contributed by atoms with van der Waals surface area (Å²) < 4.78 is 13.1. The summed E-state index contributed by atoms with van der Waals surface area (Å²) in [6.45, 7) is 4.65. The van der Waals surface area contributed by atoms with E-state index in [0.29, 0.717) is 5.89 Å². The van der Waals surface area contributed by atoms with Crippen LogP contribution in [0.25, 0.3) is 77.5 Å². The van der Waals surface area contributed by atoms with Crippen molar-refractivity contribution in [3.63, 3.8) is 0 Å². The lowest BCUT2D eigenvalue weighted by Crippen LogP contribution is -2.15. The summed E-state index contributed by atoms with van der Waals surface area (Å²) in [6, 6.07) is 60.1. The predicted molar refractivity (Wildman–Crippen MR) is 222 cm³/mol. The first-order valence-corrected chi connectivity index (χ1v) is 18.5. The van der Waals surface area contributed by atoms with Crippen molar-refractivity contribution in [2.75, 3.05) is 4.90 Å². The molecular weight excluding hydrogens is 661 g/mol. The molecule has 0 saturated carbocycles. The fourth-order valence-corrected chi connectivity index (χ4v) is 8.64. The van der Waals surface area contributed by atoms with Crippen LogP contribution in [0.4, 0.5) is 17.1 Å². The molecule has 0 N–H and O–H groups in total. The number of hydrogen-bond acceptors (Lipinski definition) is 4. The molecule has 54 heavy (non-hydrogen) atoms.